The molecule has 5 amide bonds. The van der Waals surface area contributed by atoms with Crippen LogP contribution in [0.25, 0.3) is 16.7 Å². The minimum Gasteiger partial charge on any atom is -0.507 e. The molecule has 4 rings (SSSR count). The highest BCUT2D eigenvalue weighted by molar-refractivity contribution is 6.30. The van der Waals surface area contributed by atoms with Gasteiger partial charge in [-0.2, -0.15) is 0 Å². The molecule has 6 N–H and O–H groups in total. The molecule has 0 fully saturated rings. The molecule has 0 aromatic heterocycles. The van der Waals surface area contributed by atoms with Crippen molar-refractivity contribution < 1.29 is 43.7 Å². The van der Waals surface area contributed by atoms with Crippen molar-refractivity contribution in [2.75, 3.05) is 27.7 Å². The van der Waals surface area contributed by atoms with Gasteiger partial charge in [0.15, 0.2) is 0 Å². The maximum Gasteiger partial charge on any atom is 0.407 e. The topological polar surface area (TPSA) is 196 Å². The van der Waals surface area contributed by atoms with Crippen LogP contribution in [-0.4, -0.2) is 102 Å². The van der Waals surface area contributed by atoms with Crippen molar-refractivity contribution in [3.05, 3.63) is 94.5 Å². The van der Waals surface area contributed by atoms with Gasteiger partial charge in [-0.05, 0) is 118 Å². The highest BCUT2D eigenvalue weighted by Crippen LogP contribution is 2.46. The number of methoxy groups -OCH3 is 1. The summed E-state index contributed by atoms with van der Waals surface area (Å²) in [5.74, 6) is -2.90. The van der Waals surface area contributed by atoms with Gasteiger partial charge in [0, 0.05) is 49.8 Å². The summed E-state index contributed by atoms with van der Waals surface area (Å²) >= 11 is 6.06. The second-order valence-electron chi connectivity index (χ2n) is 16.4. The Hall–Kier alpha value is -5.44. The van der Waals surface area contributed by atoms with Crippen LogP contribution in [0.1, 0.15) is 88.3 Å². The Kier molecular flexibility index (Phi) is 16.9. The van der Waals surface area contributed by atoms with Crippen molar-refractivity contribution in [1.29, 1.82) is 0 Å². The number of carbonyl (C=O) groups excluding carboxylic acids is 5. The van der Waals surface area contributed by atoms with E-state index in [4.69, 9.17) is 21.1 Å². The fourth-order valence-corrected chi connectivity index (χ4v) is 7.35. The van der Waals surface area contributed by atoms with Crippen LogP contribution in [0.5, 0.6) is 5.75 Å². The summed E-state index contributed by atoms with van der Waals surface area (Å²) < 4.78 is 10.9. The van der Waals surface area contributed by atoms with Crippen molar-refractivity contribution in [2.45, 2.75) is 96.7 Å². The Bertz CT molecular complexity index is 2050. The van der Waals surface area contributed by atoms with Crippen molar-refractivity contribution in [2.24, 2.45) is 11.8 Å². The van der Waals surface area contributed by atoms with E-state index in [0.29, 0.717) is 40.1 Å². The zero-order valence-electron chi connectivity index (χ0n) is 36.4. The van der Waals surface area contributed by atoms with Gasteiger partial charge in [0.25, 0.3) is 5.91 Å². The number of nitrogens with one attached hydrogen (secondary N) is 4. The Morgan fingerprint density at radius 3 is 2.08 bits per heavy atom. The van der Waals surface area contributed by atoms with E-state index in [0.717, 1.165) is 11.1 Å². The van der Waals surface area contributed by atoms with Gasteiger partial charge >= 0.3 is 6.09 Å². The minimum absolute atomic E-state index is 0.0942. The predicted octanol–water partition coefficient (Wildman–Crippen LogP) is 6.00. The number of amides is 5. The number of benzene rings is 3. The van der Waals surface area contributed by atoms with Crippen molar-refractivity contribution in [1.82, 2.24) is 26.2 Å². The van der Waals surface area contributed by atoms with Crippen LogP contribution < -0.4 is 21.3 Å². The third-order valence-corrected chi connectivity index (χ3v) is 11.2. The number of hydrogen-bond acceptors (Lipinski definition) is 9. The number of ether oxygens (including phenoxy) is 2. The SMILES string of the molecule is CNC(=O)[C@H](C)NC(=O)[C@H](c1ccc(O)c(C2=CC(O)[C@@H]2C(C)C(C)OC)c1)N(C)C(=O)[C@H](CCCCNC(=O)OC(C)(C)C)NC(=O)c1ccc(-c2ccc(Cl)cc2)cc1. The molecule has 0 heterocycles. The van der Waals surface area contributed by atoms with Crippen LogP contribution in [0, 0.1) is 11.8 Å². The van der Waals surface area contributed by atoms with Crippen molar-refractivity contribution >= 4 is 46.9 Å². The monoisotopic (exact) mass is 861 g/mol. The summed E-state index contributed by atoms with van der Waals surface area (Å²) in [5.41, 5.74) is 2.70. The number of halogens is 1. The zero-order valence-corrected chi connectivity index (χ0v) is 37.1. The third-order valence-electron chi connectivity index (χ3n) is 10.9. The molecule has 3 aromatic carbocycles. The molecule has 330 valence electrons. The lowest BCUT2D eigenvalue weighted by molar-refractivity contribution is -0.141. The minimum atomic E-state index is -1.34. The predicted molar refractivity (Wildman–Crippen MR) is 235 cm³/mol. The van der Waals surface area contributed by atoms with E-state index >= 15 is 0 Å². The summed E-state index contributed by atoms with van der Waals surface area (Å²) in [6.45, 7) is 10.9. The maximum atomic E-state index is 14.7. The maximum absolute atomic E-state index is 14.7. The average molecular weight is 862 g/mol. The summed E-state index contributed by atoms with van der Waals surface area (Å²) in [7, 11) is 4.46. The van der Waals surface area contributed by atoms with E-state index in [-0.39, 0.29) is 36.7 Å². The van der Waals surface area contributed by atoms with Gasteiger partial charge in [0.1, 0.15) is 29.5 Å². The Balaban J connectivity index is 1.67. The number of nitrogens with zero attached hydrogens (tertiary/aromatic N) is 1. The van der Waals surface area contributed by atoms with Gasteiger partial charge in [-0.1, -0.05) is 54.9 Å². The largest absolute Gasteiger partial charge is 0.507 e. The van der Waals surface area contributed by atoms with Crippen molar-refractivity contribution in [3.63, 3.8) is 0 Å². The number of aliphatic hydroxyl groups excluding tert-OH is 1. The molecule has 3 aromatic rings. The summed E-state index contributed by atoms with van der Waals surface area (Å²) in [6, 6.07) is 15.2. The molecule has 3 unspecified atom stereocenters. The molecule has 0 spiro atoms. The first-order valence-corrected chi connectivity index (χ1v) is 20.8. The fourth-order valence-electron chi connectivity index (χ4n) is 7.22. The van der Waals surface area contributed by atoms with E-state index in [1.165, 1.54) is 38.1 Å². The first-order chi connectivity index (χ1) is 28.8. The number of aromatic hydroxyl groups is 1. The number of unbranched alkanes of at least 4 members (excludes halogenated alkanes) is 1. The van der Waals surface area contributed by atoms with Crippen LogP contribution in [0.4, 0.5) is 4.79 Å². The fraction of sp³-hybridized carbons (Fsp3) is 0.457. The molecule has 14 nitrogen and oxygen atoms in total. The van der Waals surface area contributed by atoms with Crippen LogP contribution >= 0.6 is 11.6 Å². The van der Waals surface area contributed by atoms with Gasteiger partial charge < -0.3 is 45.9 Å². The second-order valence-corrected chi connectivity index (χ2v) is 16.9. The standard InChI is InChI=1S/C46H60ClN5O9/c1-26(28(3)60-9)39-35(25-38(39)54)34-24-32(19-22-37(34)53)40(43(57)50-27(2)41(55)48-7)52(8)44(58)36(12-10-11-23-49-45(59)61-46(4,5)6)51-42(56)31-15-13-29(14-16-31)30-17-20-33(47)21-18-30/h13-22,24-28,36,38-40,53-54H,10-12,23H2,1-9H3,(H,48,55)(H,49,59)(H,50,57)(H,51,56)/t26?,27-,28?,36-,38?,39+,40-/m0/s1. The smallest absolute Gasteiger partial charge is 0.407 e. The molecule has 1 aliphatic rings. The summed E-state index contributed by atoms with van der Waals surface area (Å²) in [6.07, 6.45) is 1.01. The van der Waals surface area contributed by atoms with Crippen LogP contribution in [0.15, 0.2) is 72.8 Å². The Labute approximate surface area is 363 Å². The summed E-state index contributed by atoms with van der Waals surface area (Å²) in [4.78, 5) is 68.8. The molecule has 61 heavy (non-hydrogen) atoms. The number of phenolic OH excluding ortho intramolecular Hbond substituents is 1. The van der Waals surface area contributed by atoms with E-state index in [2.05, 4.69) is 21.3 Å². The molecule has 0 aliphatic heterocycles. The van der Waals surface area contributed by atoms with Crippen molar-refractivity contribution in [3.8, 4) is 16.9 Å². The quantitative estimate of drug-likeness (QED) is 0.0832. The van der Waals surface area contributed by atoms with Gasteiger partial charge in [0.05, 0.1) is 12.2 Å². The lowest BCUT2D eigenvalue weighted by atomic mass is 9.69. The van der Waals surface area contributed by atoms with Gasteiger partial charge in [-0.3, -0.25) is 19.2 Å². The van der Waals surface area contributed by atoms with Crippen LogP contribution in [-0.2, 0) is 23.9 Å². The van der Waals surface area contributed by atoms with E-state index in [1.54, 1.807) is 76.4 Å². The van der Waals surface area contributed by atoms with Gasteiger partial charge in [-0.25, -0.2) is 4.79 Å². The van der Waals surface area contributed by atoms with Gasteiger partial charge in [-0.15, -0.1) is 0 Å². The van der Waals surface area contributed by atoms with Crippen LogP contribution in [0.2, 0.25) is 5.02 Å². The number of aliphatic hydroxyl groups is 1. The van der Waals surface area contributed by atoms with E-state index in [9.17, 15) is 34.2 Å². The Morgan fingerprint density at radius 1 is 0.885 bits per heavy atom. The normalized spacial score (nSPS) is 17.3. The molecule has 15 heteroatoms. The second kappa shape index (κ2) is 21.4. The number of hydrogen-bond donors (Lipinski definition) is 6. The first kappa shape index (κ1) is 48.2. The van der Waals surface area contributed by atoms with E-state index < -0.39 is 59.6 Å². The lowest BCUT2D eigenvalue weighted by Gasteiger charge is -2.40. The molecular formula is C46H60ClN5O9. The highest BCUT2D eigenvalue weighted by Gasteiger charge is 2.40. The van der Waals surface area contributed by atoms with Gasteiger partial charge in [0.2, 0.25) is 17.7 Å². The first-order valence-electron chi connectivity index (χ1n) is 20.4. The Morgan fingerprint density at radius 2 is 1.51 bits per heavy atom. The number of carbonyl (C=O) groups is 5. The molecule has 0 saturated heterocycles. The molecule has 0 bridgehead atoms. The zero-order chi connectivity index (χ0) is 45.2. The molecule has 1 aliphatic carbocycles. The van der Waals surface area contributed by atoms with Crippen LogP contribution in [0.3, 0.4) is 0 Å². The number of rotatable bonds is 18. The molecule has 0 saturated carbocycles. The summed E-state index contributed by atoms with van der Waals surface area (Å²) in [5, 5.41) is 33.3. The number of likely N-dealkylation sites (N-methyl/N-ethyl adjacent to an activating group) is 2. The molecule has 0 radical (unpaired) electrons. The average Bonchev–Trinajstić information content (AvgIpc) is 3.21. The van der Waals surface area contributed by atoms with E-state index in [1.807, 2.05) is 26.0 Å². The lowest BCUT2D eigenvalue weighted by Crippen LogP contribution is -2.53. The molecular weight excluding hydrogens is 802 g/mol. The number of alkyl carbamates (subject to hydrolysis) is 1. The molecule has 7 atom stereocenters. The third kappa shape index (κ3) is 12.8. The number of phenols is 1. The highest BCUT2D eigenvalue weighted by atomic mass is 35.5.